The average Bonchev–Trinajstić information content (AvgIpc) is 1.78. The highest BCUT2D eigenvalue weighted by Gasteiger charge is 2.15. The van der Waals surface area contributed by atoms with Gasteiger partial charge >= 0.3 is 0 Å². The number of aliphatic hydroxyl groups is 1. The first-order valence-electron chi connectivity index (χ1n) is 3.43. The molecule has 1 rings (SSSR count). The molecular formula is C6H14N2O. The van der Waals surface area contributed by atoms with Gasteiger partial charge in [-0.2, -0.15) is 0 Å². The molecule has 1 atom stereocenters. The molecule has 0 aliphatic carbocycles. The number of rotatable bonds is 3. The summed E-state index contributed by atoms with van der Waals surface area (Å²) >= 11 is 0. The van der Waals surface area contributed by atoms with E-state index >= 15 is 0 Å². The quantitative estimate of drug-likeness (QED) is 0.516. The van der Waals surface area contributed by atoms with E-state index < -0.39 is 0 Å². The van der Waals surface area contributed by atoms with E-state index in [0.717, 1.165) is 19.6 Å². The first-order chi connectivity index (χ1) is 4.33. The topological polar surface area (TPSA) is 49.5 Å². The Bertz CT molecular complexity index is 80.4. The van der Waals surface area contributed by atoms with E-state index in [1.807, 2.05) is 0 Å². The molecule has 1 aliphatic rings. The van der Waals surface area contributed by atoms with E-state index in [1.54, 1.807) is 0 Å². The van der Waals surface area contributed by atoms with Crippen molar-refractivity contribution in [2.24, 2.45) is 5.73 Å². The van der Waals surface area contributed by atoms with Crippen molar-refractivity contribution in [3.05, 3.63) is 0 Å². The molecule has 0 saturated carbocycles. The summed E-state index contributed by atoms with van der Waals surface area (Å²) in [6.07, 6.45) is 0.961. The van der Waals surface area contributed by atoms with E-state index in [9.17, 15) is 0 Å². The van der Waals surface area contributed by atoms with Crippen LogP contribution in [0.2, 0.25) is 0 Å². The van der Waals surface area contributed by atoms with Gasteiger partial charge in [0.2, 0.25) is 0 Å². The van der Waals surface area contributed by atoms with Gasteiger partial charge in [0, 0.05) is 13.1 Å². The fourth-order valence-corrected chi connectivity index (χ4v) is 0.937. The molecule has 54 valence electrons. The number of hydrogen-bond donors (Lipinski definition) is 2. The van der Waals surface area contributed by atoms with Crippen molar-refractivity contribution in [1.82, 2.24) is 4.90 Å². The standard InChI is InChI=1S/C6H14N2O/c7-4-6(9)5-8-2-1-3-8/h6,9H,1-5,7H2/t6-/m1/s1. The molecule has 0 unspecified atom stereocenters. The molecule has 1 fully saturated rings. The zero-order chi connectivity index (χ0) is 6.69. The van der Waals surface area contributed by atoms with Crippen molar-refractivity contribution in [1.29, 1.82) is 0 Å². The Morgan fingerprint density at radius 2 is 2.22 bits per heavy atom. The third kappa shape index (κ3) is 1.93. The Hall–Kier alpha value is -0.120. The highest BCUT2D eigenvalue weighted by molar-refractivity contribution is 4.72. The summed E-state index contributed by atoms with van der Waals surface area (Å²) < 4.78 is 0. The van der Waals surface area contributed by atoms with Crippen molar-refractivity contribution in [2.75, 3.05) is 26.2 Å². The Morgan fingerprint density at radius 3 is 2.56 bits per heavy atom. The Balaban J connectivity index is 2.01. The van der Waals surface area contributed by atoms with Crippen LogP contribution in [0.15, 0.2) is 0 Å². The third-order valence-electron chi connectivity index (χ3n) is 1.69. The maximum Gasteiger partial charge on any atom is 0.0789 e. The Morgan fingerprint density at radius 1 is 1.56 bits per heavy atom. The van der Waals surface area contributed by atoms with Gasteiger partial charge in [-0.1, -0.05) is 0 Å². The summed E-state index contributed by atoms with van der Waals surface area (Å²) in [5, 5.41) is 9.03. The summed E-state index contributed by atoms with van der Waals surface area (Å²) in [6.45, 7) is 3.42. The molecular weight excluding hydrogens is 116 g/mol. The van der Waals surface area contributed by atoms with E-state index in [-0.39, 0.29) is 6.10 Å². The van der Waals surface area contributed by atoms with Gasteiger partial charge in [0.05, 0.1) is 6.10 Å². The number of nitrogens with two attached hydrogens (primary N) is 1. The van der Waals surface area contributed by atoms with E-state index in [1.165, 1.54) is 6.42 Å². The molecule has 0 aromatic rings. The van der Waals surface area contributed by atoms with Crippen molar-refractivity contribution >= 4 is 0 Å². The summed E-state index contributed by atoms with van der Waals surface area (Å²) in [6, 6.07) is 0. The number of nitrogens with zero attached hydrogens (tertiary/aromatic N) is 1. The zero-order valence-electron chi connectivity index (χ0n) is 5.58. The minimum absolute atomic E-state index is 0.315. The highest BCUT2D eigenvalue weighted by atomic mass is 16.3. The van der Waals surface area contributed by atoms with Crippen molar-refractivity contribution in [3.8, 4) is 0 Å². The van der Waals surface area contributed by atoms with Crippen LogP contribution in [0.25, 0.3) is 0 Å². The van der Waals surface area contributed by atoms with Crippen LogP contribution in [0.4, 0.5) is 0 Å². The van der Waals surface area contributed by atoms with Crippen LogP contribution >= 0.6 is 0 Å². The number of β-amino-alcohol motifs (C(OH)–C–C–N with tert-alkyl or cyclic N) is 1. The molecule has 0 bridgehead atoms. The lowest BCUT2D eigenvalue weighted by molar-refractivity contribution is 0.0838. The van der Waals surface area contributed by atoms with Gasteiger partial charge < -0.3 is 15.7 Å². The van der Waals surface area contributed by atoms with Gasteiger partial charge in [-0.05, 0) is 19.5 Å². The molecule has 0 radical (unpaired) electrons. The van der Waals surface area contributed by atoms with Crippen LogP contribution in [0.1, 0.15) is 6.42 Å². The highest BCUT2D eigenvalue weighted by Crippen LogP contribution is 2.04. The van der Waals surface area contributed by atoms with Gasteiger partial charge in [-0.3, -0.25) is 0 Å². The summed E-state index contributed by atoms with van der Waals surface area (Å²) in [5.41, 5.74) is 5.22. The SMILES string of the molecule is NC[C@@H](O)CN1CCC1. The molecule has 3 nitrogen and oxygen atoms in total. The van der Waals surface area contributed by atoms with Crippen molar-refractivity contribution in [2.45, 2.75) is 12.5 Å². The number of hydrogen-bond acceptors (Lipinski definition) is 3. The lowest BCUT2D eigenvalue weighted by atomic mass is 10.2. The molecule has 3 N–H and O–H groups in total. The first kappa shape index (κ1) is 6.99. The molecule has 1 aliphatic heterocycles. The predicted octanol–water partition coefficient (Wildman–Crippen LogP) is -0.988. The molecule has 1 heterocycles. The summed E-state index contributed by atoms with van der Waals surface area (Å²) in [5.74, 6) is 0. The molecule has 0 spiro atoms. The normalized spacial score (nSPS) is 23.3. The first-order valence-corrected chi connectivity index (χ1v) is 3.43. The molecule has 3 heteroatoms. The van der Waals surface area contributed by atoms with E-state index in [0.29, 0.717) is 6.54 Å². The van der Waals surface area contributed by atoms with Gasteiger partial charge in [-0.15, -0.1) is 0 Å². The number of aliphatic hydroxyl groups excluding tert-OH is 1. The Labute approximate surface area is 55.5 Å². The minimum Gasteiger partial charge on any atom is -0.390 e. The molecule has 1 saturated heterocycles. The fraction of sp³-hybridized carbons (Fsp3) is 1.00. The lowest BCUT2D eigenvalue weighted by Crippen LogP contribution is -2.44. The maximum absolute atomic E-state index is 9.03. The monoisotopic (exact) mass is 130 g/mol. The lowest BCUT2D eigenvalue weighted by Gasteiger charge is -2.32. The summed E-state index contributed by atoms with van der Waals surface area (Å²) in [4.78, 5) is 2.21. The minimum atomic E-state index is -0.315. The fourth-order valence-electron chi connectivity index (χ4n) is 0.937. The molecule has 0 aromatic heterocycles. The van der Waals surface area contributed by atoms with Crippen LogP contribution in [0, 0.1) is 0 Å². The average molecular weight is 130 g/mol. The van der Waals surface area contributed by atoms with Crippen LogP contribution in [0.3, 0.4) is 0 Å². The maximum atomic E-state index is 9.03. The van der Waals surface area contributed by atoms with Gasteiger partial charge in [0.25, 0.3) is 0 Å². The summed E-state index contributed by atoms with van der Waals surface area (Å²) in [7, 11) is 0. The van der Waals surface area contributed by atoms with Crippen LogP contribution in [-0.4, -0.2) is 42.3 Å². The largest absolute Gasteiger partial charge is 0.390 e. The Kier molecular flexibility index (Phi) is 2.45. The molecule has 0 aromatic carbocycles. The second-order valence-corrected chi connectivity index (χ2v) is 2.54. The van der Waals surface area contributed by atoms with Crippen LogP contribution in [-0.2, 0) is 0 Å². The van der Waals surface area contributed by atoms with Crippen molar-refractivity contribution < 1.29 is 5.11 Å². The smallest absolute Gasteiger partial charge is 0.0789 e. The van der Waals surface area contributed by atoms with Gasteiger partial charge in [0.15, 0.2) is 0 Å². The zero-order valence-corrected chi connectivity index (χ0v) is 5.58. The van der Waals surface area contributed by atoms with Gasteiger partial charge in [0.1, 0.15) is 0 Å². The number of likely N-dealkylation sites (tertiary alicyclic amines) is 1. The van der Waals surface area contributed by atoms with Crippen LogP contribution in [0.5, 0.6) is 0 Å². The van der Waals surface area contributed by atoms with Gasteiger partial charge in [-0.25, -0.2) is 0 Å². The van der Waals surface area contributed by atoms with E-state index in [2.05, 4.69) is 4.90 Å². The third-order valence-corrected chi connectivity index (χ3v) is 1.69. The van der Waals surface area contributed by atoms with E-state index in [4.69, 9.17) is 10.8 Å². The predicted molar refractivity (Wildman–Crippen MR) is 36.1 cm³/mol. The van der Waals surface area contributed by atoms with Crippen molar-refractivity contribution in [3.63, 3.8) is 0 Å². The van der Waals surface area contributed by atoms with Crippen LogP contribution < -0.4 is 5.73 Å². The second-order valence-electron chi connectivity index (χ2n) is 2.54. The molecule has 9 heavy (non-hydrogen) atoms. The second kappa shape index (κ2) is 3.15. The molecule has 0 amide bonds.